The number of hydrogen-bond donors (Lipinski definition) is 0. The lowest BCUT2D eigenvalue weighted by Crippen LogP contribution is -2.46. The molecule has 1 aliphatic rings. The van der Waals surface area contributed by atoms with Gasteiger partial charge in [0.2, 0.25) is 5.89 Å². The van der Waals surface area contributed by atoms with Gasteiger partial charge in [-0.05, 0) is 36.8 Å². The van der Waals surface area contributed by atoms with Crippen molar-refractivity contribution in [3.8, 4) is 0 Å². The zero-order valence-electron chi connectivity index (χ0n) is 13.4. The number of nitrogens with zero attached hydrogens (tertiary/aromatic N) is 3. The predicted molar refractivity (Wildman–Crippen MR) is 92.7 cm³/mol. The minimum atomic E-state index is 0.788. The van der Waals surface area contributed by atoms with Gasteiger partial charge in [0.05, 0.1) is 6.54 Å². The highest BCUT2D eigenvalue weighted by atomic mass is 16.3. The molecule has 4 nitrogen and oxygen atoms in total. The molecule has 118 valence electrons. The van der Waals surface area contributed by atoms with Gasteiger partial charge in [-0.15, -0.1) is 0 Å². The Labute approximate surface area is 136 Å². The highest BCUT2D eigenvalue weighted by Gasteiger charge is 2.19. The van der Waals surface area contributed by atoms with Crippen LogP contribution in [0.15, 0.2) is 52.9 Å². The third kappa shape index (κ3) is 3.08. The number of hydrogen-bond acceptors (Lipinski definition) is 4. The highest BCUT2D eigenvalue weighted by molar-refractivity contribution is 5.72. The number of piperazine rings is 1. The van der Waals surface area contributed by atoms with Crippen molar-refractivity contribution in [2.24, 2.45) is 0 Å². The summed E-state index contributed by atoms with van der Waals surface area (Å²) in [6.07, 6.45) is 0. The van der Waals surface area contributed by atoms with Gasteiger partial charge < -0.3 is 9.32 Å². The summed E-state index contributed by atoms with van der Waals surface area (Å²) in [6, 6.07) is 16.7. The minimum absolute atomic E-state index is 0.788. The number of para-hydroxylation sites is 2. The zero-order valence-corrected chi connectivity index (χ0v) is 13.4. The van der Waals surface area contributed by atoms with E-state index < -0.39 is 0 Å². The van der Waals surface area contributed by atoms with Gasteiger partial charge in [-0.3, -0.25) is 4.90 Å². The molecule has 0 atom stereocenters. The normalized spacial score (nSPS) is 16.1. The summed E-state index contributed by atoms with van der Waals surface area (Å²) in [5, 5.41) is 0. The van der Waals surface area contributed by atoms with Crippen LogP contribution in [0.1, 0.15) is 11.5 Å². The Morgan fingerprint density at radius 3 is 2.61 bits per heavy atom. The maximum absolute atomic E-state index is 5.83. The average molecular weight is 307 g/mol. The van der Waals surface area contributed by atoms with E-state index >= 15 is 0 Å². The SMILES string of the molecule is Cc1cccc(N2CCN(Cc3nc4ccccc4o3)CC2)c1. The molecule has 2 aromatic carbocycles. The van der Waals surface area contributed by atoms with Crippen molar-refractivity contribution in [2.45, 2.75) is 13.5 Å². The molecule has 0 amide bonds. The lowest BCUT2D eigenvalue weighted by molar-refractivity contribution is 0.228. The molecule has 0 aliphatic carbocycles. The molecule has 23 heavy (non-hydrogen) atoms. The Morgan fingerprint density at radius 2 is 1.83 bits per heavy atom. The van der Waals surface area contributed by atoms with Crippen molar-refractivity contribution in [1.29, 1.82) is 0 Å². The van der Waals surface area contributed by atoms with E-state index in [1.54, 1.807) is 0 Å². The fourth-order valence-corrected chi connectivity index (χ4v) is 3.17. The number of benzene rings is 2. The van der Waals surface area contributed by atoms with Crippen molar-refractivity contribution < 1.29 is 4.42 Å². The summed E-state index contributed by atoms with van der Waals surface area (Å²) in [4.78, 5) is 9.44. The molecular weight excluding hydrogens is 286 g/mol. The van der Waals surface area contributed by atoms with Crippen LogP contribution < -0.4 is 4.90 Å². The van der Waals surface area contributed by atoms with Gasteiger partial charge >= 0.3 is 0 Å². The van der Waals surface area contributed by atoms with E-state index in [1.165, 1.54) is 11.3 Å². The fourth-order valence-electron chi connectivity index (χ4n) is 3.17. The molecule has 2 heterocycles. The van der Waals surface area contributed by atoms with Gasteiger partial charge in [0.1, 0.15) is 5.52 Å². The van der Waals surface area contributed by atoms with E-state index in [9.17, 15) is 0 Å². The number of oxazole rings is 1. The second-order valence-electron chi connectivity index (χ2n) is 6.18. The third-order valence-corrected chi connectivity index (χ3v) is 4.44. The Hall–Kier alpha value is -2.33. The van der Waals surface area contributed by atoms with Gasteiger partial charge in [-0.2, -0.15) is 0 Å². The van der Waals surface area contributed by atoms with E-state index in [1.807, 2.05) is 24.3 Å². The summed E-state index contributed by atoms with van der Waals surface area (Å²) in [5.74, 6) is 0.815. The Kier molecular flexibility index (Phi) is 3.75. The largest absolute Gasteiger partial charge is 0.439 e. The summed E-state index contributed by atoms with van der Waals surface area (Å²) in [7, 11) is 0. The summed E-state index contributed by atoms with van der Waals surface area (Å²) >= 11 is 0. The van der Waals surface area contributed by atoms with Gasteiger partial charge in [-0.1, -0.05) is 24.3 Å². The molecule has 0 unspecified atom stereocenters. The zero-order chi connectivity index (χ0) is 15.6. The minimum Gasteiger partial charge on any atom is -0.439 e. The van der Waals surface area contributed by atoms with Crippen LogP contribution >= 0.6 is 0 Å². The Bertz CT molecular complexity index is 770. The van der Waals surface area contributed by atoms with Crippen LogP contribution in [0, 0.1) is 6.92 Å². The molecule has 1 fully saturated rings. The molecule has 1 aromatic heterocycles. The fraction of sp³-hybridized carbons (Fsp3) is 0.316. The van der Waals surface area contributed by atoms with Crippen molar-refractivity contribution in [3.05, 3.63) is 60.0 Å². The van der Waals surface area contributed by atoms with E-state index in [2.05, 4.69) is 46.0 Å². The molecular formula is C19H21N3O. The van der Waals surface area contributed by atoms with Gasteiger partial charge in [0.25, 0.3) is 0 Å². The first-order valence-electron chi connectivity index (χ1n) is 8.16. The number of aromatic nitrogens is 1. The smallest absolute Gasteiger partial charge is 0.209 e. The summed E-state index contributed by atoms with van der Waals surface area (Å²) in [5.41, 5.74) is 4.46. The summed E-state index contributed by atoms with van der Waals surface area (Å²) < 4.78 is 5.83. The van der Waals surface area contributed by atoms with Crippen LogP contribution in [0.2, 0.25) is 0 Å². The molecule has 4 heteroatoms. The predicted octanol–water partition coefficient (Wildman–Crippen LogP) is 3.46. The monoisotopic (exact) mass is 307 g/mol. The second-order valence-corrected chi connectivity index (χ2v) is 6.18. The average Bonchev–Trinajstić information content (AvgIpc) is 2.98. The van der Waals surface area contributed by atoms with Crippen LogP contribution in [-0.2, 0) is 6.54 Å². The Morgan fingerprint density at radius 1 is 1.00 bits per heavy atom. The van der Waals surface area contributed by atoms with Crippen LogP contribution in [-0.4, -0.2) is 36.1 Å². The van der Waals surface area contributed by atoms with Crippen LogP contribution in [0.3, 0.4) is 0 Å². The maximum atomic E-state index is 5.83. The molecule has 0 N–H and O–H groups in total. The van der Waals surface area contributed by atoms with Gasteiger partial charge in [0, 0.05) is 31.9 Å². The molecule has 0 spiro atoms. The van der Waals surface area contributed by atoms with Crippen LogP contribution in [0.25, 0.3) is 11.1 Å². The van der Waals surface area contributed by atoms with Crippen molar-refractivity contribution in [1.82, 2.24) is 9.88 Å². The van der Waals surface area contributed by atoms with E-state index in [4.69, 9.17) is 4.42 Å². The third-order valence-electron chi connectivity index (χ3n) is 4.44. The van der Waals surface area contributed by atoms with Gasteiger partial charge in [-0.25, -0.2) is 4.98 Å². The first-order chi connectivity index (χ1) is 11.3. The number of rotatable bonds is 3. The lowest BCUT2D eigenvalue weighted by atomic mass is 10.2. The molecule has 0 bridgehead atoms. The highest BCUT2D eigenvalue weighted by Crippen LogP contribution is 2.20. The molecule has 3 aromatic rings. The summed E-state index contributed by atoms with van der Waals surface area (Å²) in [6.45, 7) is 7.09. The lowest BCUT2D eigenvalue weighted by Gasteiger charge is -2.35. The number of fused-ring (bicyclic) bond motifs is 1. The Balaban J connectivity index is 1.39. The van der Waals surface area contributed by atoms with Crippen LogP contribution in [0.5, 0.6) is 0 Å². The molecule has 0 saturated carbocycles. The number of anilines is 1. The first kappa shape index (κ1) is 14.3. The van der Waals surface area contributed by atoms with E-state index in [0.717, 1.165) is 49.7 Å². The standard InChI is InChI=1S/C19H21N3O/c1-15-5-4-6-16(13-15)22-11-9-21(10-12-22)14-19-20-17-7-2-3-8-18(17)23-19/h2-8,13H,9-12,14H2,1H3. The molecule has 4 rings (SSSR count). The first-order valence-corrected chi connectivity index (χ1v) is 8.16. The second kappa shape index (κ2) is 6.05. The van der Waals surface area contributed by atoms with Crippen molar-refractivity contribution in [3.63, 3.8) is 0 Å². The van der Waals surface area contributed by atoms with Crippen molar-refractivity contribution >= 4 is 16.8 Å². The van der Waals surface area contributed by atoms with Gasteiger partial charge in [0.15, 0.2) is 5.58 Å². The molecule has 0 radical (unpaired) electrons. The van der Waals surface area contributed by atoms with Crippen molar-refractivity contribution in [2.75, 3.05) is 31.1 Å². The molecule has 1 aliphatic heterocycles. The maximum Gasteiger partial charge on any atom is 0.209 e. The molecule has 1 saturated heterocycles. The quantitative estimate of drug-likeness (QED) is 0.742. The topological polar surface area (TPSA) is 32.5 Å². The van der Waals surface area contributed by atoms with E-state index in [0.29, 0.717) is 0 Å². The van der Waals surface area contributed by atoms with E-state index in [-0.39, 0.29) is 0 Å². The van der Waals surface area contributed by atoms with Crippen LogP contribution in [0.4, 0.5) is 5.69 Å². The number of aryl methyl sites for hydroxylation is 1.